The van der Waals surface area contributed by atoms with Gasteiger partial charge in [-0.25, -0.2) is 4.98 Å². The van der Waals surface area contributed by atoms with Crippen LogP contribution in [0.3, 0.4) is 0 Å². The second kappa shape index (κ2) is 6.65. The molecule has 1 aromatic carbocycles. The van der Waals surface area contributed by atoms with Gasteiger partial charge in [0.2, 0.25) is 11.8 Å². The Morgan fingerprint density at radius 1 is 1.44 bits per heavy atom. The Balaban J connectivity index is 2.05. The van der Waals surface area contributed by atoms with Gasteiger partial charge >= 0.3 is 0 Å². The van der Waals surface area contributed by atoms with Gasteiger partial charge in [-0.05, 0) is 31.4 Å². The summed E-state index contributed by atoms with van der Waals surface area (Å²) in [6, 6.07) is 9.06. The monoisotopic (exact) mass is 341 g/mol. The van der Waals surface area contributed by atoms with E-state index in [1.807, 2.05) is 11.8 Å². The molecule has 130 valence electrons. The number of aromatic nitrogens is 2. The lowest BCUT2D eigenvalue weighted by atomic mass is 9.93. The fraction of sp³-hybridized carbons (Fsp3) is 0.389. The number of nitrogens with two attached hydrogens (primary N) is 1. The Labute approximate surface area is 145 Å². The first-order chi connectivity index (χ1) is 11.9. The van der Waals surface area contributed by atoms with Crippen LogP contribution in [0.5, 0.6) is 0 Å². The average molecular weight is 341 g/mol. The van der Waals surface area contributed by atoms with E-state index in [4.69, 9.17) is 5.73 Å². The number of benzene rings is 1. The maximum absolute atomic E-state index is 13.9. The molecule has 1 fully saturated rings. The minimum Gasteiger partial charge on any atom is -0.340 e. The summed E-state index contributed by atoms with van der Waals surface area (Å²) in [7, 11) is 0. The molecule has 0 spiro atoms. The smallest absolute Gasteiger partial charge is 0.291 e. The van der Waals surface area contributed by atoms with Gasteiger partial charge in [0, 0.05) is 18.6 Å². The molecule has 2 heterocycles. The van der Waals surface area contributed by atoms with Crippen molar-refractivity contribution in [1.29, 1.82) is 5.26 Å². The summed E-state index contributed by atoms with van der Waals surface area (Å²) in [6.45, 7) is 3.27. The molecule has 1 atom stereocenters. The highest BCUT2D eigenvalue weighted by atomic mass is 19.1. The van der Waals surface area contributed by atoms with Gasteiger partial charge in [-0.2, -0.15) is 9.65 Å². The Bertz CT molecular complexity index is 884. The van der Waals surface area contributed by atoms with Crippen molar-refractivity contribution in [3.05, 3.63) is 57.8 Å². The molecule has 7 heteroatoms. The minimum absolute atomic E-state index is 0.0838. The van der Waals surface area contributed by atoms with Gasteiger partial charge in [0.15, 0.2) is 0 Å². The summed E-state index contributed by atoms with van der Waals surface area (Å²) in [6.07, 6.45) is 2.70. The normalized spacial score (nSPS) is 20.3. The van der Waals surface area contributed by atoms with Crippen molar-refractivity contribution in [3.8, 4) is 6.07 Å². The molecule has 1 aliphatic rings. The summed E-state index contributed by atoms with van der Waals surface area (Å²) < 4.78 is 15.1. The summed E-state index contributed by atoms with van der Waals surface area (Å²) in [5, 5.41) is 9.25. The van der Waals surface area contributed by atoms with E-state index < -0.39 is 11.4 Å². The van der Waals surface area contributed by atoms with Crippen molar-refractivity contribution in [2.24, 2.45) is 5.73 Å². The first-order valence-corrected chi connectivity index (χ1v) is 8.18. The molecule has 2 aromatic rings. The molecule has 0 radical (unpaired) electrons. The first-order valence-electron chi connectivity index (χ1n) is 8.18. The highest BCUT2D eigenvalue weighted by molar-refractivity contribution is 5.40. The molecule has 1 aromatic heterocycles. The molecule has 1 unspecified atom stereocenters. The standard InChI is InChI=1S/C18H20FN5O/c1-18(21)7-4-8-23(12-18)17-22-10-15(19)16(25)24(17)11-14-6-3-2-5-13(14)9-20/h2-3,5-6,10H,4,7-8,11-12,21H2,1H3. The Morgan fingerprint density at radius 3 is 2.92 bits per heavy atom. The third-order valence-corrected chi connectivity index (χ3v) is 4.46. The van der Waals surface area contributed by atoms with Gasteiger partial charge < -0.3 is 10.6 Å². The lowest BCUT2D eigenvalue weighted by molar-refractivity contribution is 0.367. The van der Waals surface area contributed by atoms with Crippen LogP contribution in [-0.2, 0) is 6.54 Å². The number of piperidine rings is 1. The second-order valence-corrected chi connectivity index (χ2v) is 6.75. The Kier molecular flexibility index (Phi) is 4.55. The van der Waals surface area contributed by atoms with E-state index in [2.05, 4.69) is 11.1 Å². The van der Waals surface area contributed by atoms with Gasteiger partial charge in [0.05, 0.1) is 24.4 Å². The maximum atomic E-state index is 13.9. The third-order valence-electron chi connectivity index (χ3n) is 4.46. The highest BCUT2D eigenvalue weighted by Gasteiger charge is 2.29. The van der Waals surface area contributed by atoms with Crippen LogP contribution in [-0.4, -0.2) is 28.2 Å². The topological polar surface area (TPSA) is 87.9 Å². The summed E-state index contributed by atoms with van der Waals surface area (Å²) >= 11 is 0. The molecule has 0 bridgehead atoms. The largest absolute Gasteiger partial charge is 0.340 e. The van der Waals surface area contributed by atoms with E-state index in [0.717, 1.165) is 19.0 Å². The van der Waals surface area contributed by atoms with Gasteiger partial charge in [0.1, 0.15) is 0 Å². The molecule has 0 saturated carbocycles. The zero-order valence-corrected chi connectivity index (χ0v) is 14.1. The molecule has 0 aliphatic carbocycles. The summed E-state index contributed by atoms with van der Waals surface area (Å²) in [5.41, 5.74) is 6.21. The van der Waals surface area contributed by atoms with Gasteiger partial charge in [-0.15, -0.1) is 0 Å². The van der Waals surface area contributed by atoms with Crippen molar-refractivity contribution < 1.29 is 4.39 Å². The van der Waals surface area contributed by atoms with Gasteiger partial charge in [0.25, 0.3) is 5.56 Å². The molecule has 3 rings (SSSR count). The zero-order valence-electron chi connectivity index (χ0n) is 14.1. The number of rotatable bonds is 3. The number of nitriles is 1. The van der Waals surface area contributed by atoms with Crippen LogP contribution in [0.2, 0.25) is 0 Å². The molecule has 25 heavy (non-hydrogen) atoms. The van der Waals surface area contributed by atoms with Crippen LogP contribution < -0.4 is 16.2 Å². The van der Waals surface area contributed by atoms with E-state index in [1.54, 1.807) is 24.3 Å². The first kappa shape index (κ1) is 17.1. The van der Waals surface area contributed by atoms with E-state index in [9.17, 15) is 14.4 Å². The van der Waals surface area contributed by atoms with Crippen LogP contribution in [0.25, 0.3) is 0 Å². The number of halogens is 1. The molecule has 1 saturated heterocycles. The molecular weight excluding hydrogens is 321 g/mol. The number of anilines is 1. The third kappa shape index (κ3) is 3.54. The van der Waals surface area contributed by atoms with Crippen LogP contribution >= 0.6 is 0 Å². The molecule has 6 nitrogen and oxygen atoms in total. The highest BCUT2D eigenvalue weighted by Crippen LogP contribution is 2.23. The fourth-order valence-electron chi connectivity index (χ4n) is 3.23. The van der Waals surface area contributed by atoms with Crippen LogP contribution in [0.4, 0.5) is 10.3 Å². The molecular formula is C18H20FN5O. The van der Waals surface area contributed by atoms with E-state index >= 15 is 0 Å². The maximum Gasteiger partial charge on any atom is 0.291 e. The van der Waals surface area contributed by atoms with E-state index in [-0.39, 0.29) is 12.1 Å². The predicted octanol–water partition coefficient (Wildman–Crippen LogP) is 1.62. The number of hydrogen-bond donors (Lipinski definition) is 1. The Morgan fingerprint density at radius 2 is 2.20 bits per heavy atom. The number of hydrogen-bond acceptors (Lipinski definition) is 5. The van der Waals surface area contributed by atoms with Crippen molar-refractivity contribution in [1.82, 2.24) is 9.55 Å². The van der Waals surface area contributed by atoms with Gasteiger partial charge in [-0.3, -0.25) is 9.36 Å². The van der Waals surface area contributed by atoms with Crippen molar-refractivity contribution in [2.75, 3.05) is 18.0 Å². The molecule has 2 N–H and O–H groups in total. The Hall–Kier alpha value is -2.72. The fourth-order valence-corrected chi connectivity index (χ4v) is 3.23. The van der Waals surface area contributed by atoms with Crippen LogP contribution in [0.1, 0.15) is 30.9 Å². The van der Waals surface area contributed by atoms with Crippen LogP contribution in [0, 0.1) is 17.1 Å². The lowest BCUT2D eigenvalue weighted by Crippen LogP contribution is -2.53. The summed E-state index contributed by atoms with van der Waals surface area (Å²) in [4.78, 5) is 18.5. The minimum atomic E-state index is -0.911. The predicted molar refractivity (Wildman–Crippen MR) is 92.8 cm³/mol. The average Bonchev–Trinajstić information content (AvgIpc) is 2.58. The van der Waals surface area contributed by atoms with E-state index in [1.165, 1.54) is 4.57 Å². The SMILES string of the molecule is CC1(N)CCCN(c2ncc(F)c(=O)n2Cc2ccccc2C#N)C1. The zero-order chi connectivity index (χ0) is 18.0. The van der Waals surface area contributed by atoms with Crippen molar-refractivity contribution in [2.45, 2.75) is 31.8 Å². The summed E-state index contributed by atoms with van der Waals surface area (Å²) in [5.74, 6) is -0.527. The number of nitrogens with zero attached hydrogens (tertiary/aromatic N) is 4. The second-order valence-electron chi connectivity index (χ2n) is 6.75. The van der Waals surface area contributed by atoms with Crippen molar-refractivity contribution >= 4 is 5.95 Å². The lowest BCUT2D eigenvalue weighted by Gasteiger charge is -2.39. The van der Waals surface area contributed by atoms with Crippen molar-refractivity contribution in [3.63, 3.8) is 0 Å². The quantitative estimate of drug-likeness (QED) is 0.916. The molecule has 0 amide bonds. The van der Waals surface area contributed by atoms with Gasteiger partial charge in [-0.1, -0.05) is 18.2 Å². The van der Waals surface area contributed by atoms with Crippen LogP contribution in [0.15, 0.2) is 35.3 Å². The molecule has 1 aliphatic heterocycles. The van der Waals surface area contributed by atoms with E-state index in [0.29, 0.717) is 30.2 Å².